The van der Waals surface area contributed by atoms with Crippen molar-refractivity contribution in [2.24, 2.45) is 0 Å². The Morgan fingerprint density at radius 2 is 1.79 bits per heavy atom. The van der Waals surface area contributed by atoms with Gasteiger partial charge in [0.1, 0.15) is 11.5 Å². The Balaban J connectivity index is 1.63. The molecule has 3 aromatic carbocycles. The van der Waals surface area contributed by atoms with E-state index < -0.39 is 17.7 Å². The topological polar surface area (TPSA) is 88.5 Å². The molecule has 2 heterocycles. The number of ketones is 1. The summed E-state index contributed by atoms with van der Waals surface area (Å²) in [5.74, 6) is -0.184. The van der Waals surface area contributed by atoms with Gasteiger partial charge in [-0.1, -0.05) is 29.8 Å². The van der Waals surface area contributed by atoms with E-state index >= 15 is 0 Å². The number of rotatable bonds is 7. The molecular formula is C29H27ClN2O6. The number of fused-ring (bicyclic) bond motifs is 1. The first kappa shape index (κ1) is 25.5. The van der Waals surface area contributed by atoms with Crippen molar-refractivity contribution >= 4 is 34.7 Å². The first-order valence-electron chi connectivity index (χ1n) is 12.2. The highest BCUT2D eigenvalue weighted by Crippen LogP contribution is 2.43. The van der Waals surface area contributed by atoms with Gasteiger partial charge in [0.05, 0.1) is 23.2 Å². The Bertz CT molecular complexity index is 1430. The van der Waals surface area contributed by atoms with Gasteiger partial charge in [-0.05, 0) is 60.5 Å². The van der Waals surface area contributed by atoms with E-state index in [2.05, 4.69) is 0 Å². The van der Waals surface area contributed by atoms with Gasteiger partial charge in [0, 0.05) is 31.9 Å². The first-order chi connectivity index (χ1) is 18.3. The third-order valence-corrected chi connectivity index (χ3v) is 6.89. The van der Waals surface area contributed by atoms with Gasteiger partial charge in [-0.3, -0.25) is 9.59 Å². The minimum absolute atomic E-state index is 0.0381. The largest absolute Gasteiger partial charge is 0.507 e. The maximum absolute atomic E-state index is 13.5. The van der Waals surface area contributed by atoms with Crippen LogP contribution in [-0.2, 0) is 16.1 Å². The summed E-state index contributed by atoms with van der Waals surface area (Å²) in [6, 6.07) is 16.9. The summed E-state index contributed by atoms with van der Waals surface area (Å²) in [4.78, 5) is 30.3. The lowest BCUT2D eigenvalue weighted by molar-refractivity contribution is -0.140. The van der Waals surface area contributed by atoms with Crippen molar-refractivity contribution in [1.82, 2.24) is 4.90 Å². The summed E-state index contributed by atoms with van der Waals surface area (Å²) in [5, 5.41) is 11.7. The Morgan fingerprint density at radius 1 is 1.05 bits per heavy atom. The van der Waals surface area contributed by atoms with Gasteiger partial charge in [0.15, 0.2) is 11.5 Å². The minimum atomic E-state index is -0.844. The fourth-order valence-corrected chi connectivity index (χ4v) is 4.87. The standard InChI is InChI=1S/C29H27ClN2O6/c1-4-36-20-10-11-22(30)21(14-20)27(33)25-26(18-6-8-19(9-7-18)31(2)3)32(29(35)28(25)34)15-17-5-12-23-24(13-17)38-16-37-23/h5-14,26,33H,4,15-16H2,1-3H3/b27-25+. The fraction of sp³-hybridized carbons (Fsp3) is 0.241. The smallest absolute Gasteiger partial charge is 0.295 e. The number of Topliss-reactive ketones (excluding diaryl/α,β-unsaturated/α-hetero) is 1. The molecule has 9 heteroatoms. The molecule has 5 rings (SSSR count). The molecule has 2 aliphatic heterocycles. The first-order valence-corrected chi connectivity index (χ1v) is 12.5. The Hall–Kier alpha value is -4.17. The third kappa shape index (κ3) is 4.63. The van der Waals surface area contributed by atoms with E-state index in [0.717, 1.165) is 11.3 Å². The van der Waals surface area contributed by atoms with E-state index in [1.165, 1.54) is 4.90 Å². The zero-order chi connectivity index (χ0) is 27.0. The van der Waals surface area contributed by atoms with Crippen molar-refractivity contribution in [3.8, 4) is 17.2 Å². The number of anilines is 1. The number of amides is 1. The Kier molecular flexibility index (Phi) is 6.91. The number of benzene rings is 3. The fourth-order valence-electron chi connectivity index (χ4n) is 4.67. The zero-order valence-electron chi connectivity index (χ0n) is 21.2. The van der Waals surface area contributed by atoms with Crippen molar-refractivity contribution in [3.63, 3.8) is 0 Å². The van der Waals surface area contributed by atoms with Crippen molar-refractivity contribution in [2.75, 3.05) is 32.4 Å². The second kappa shape index (κ2) is 10.3. The molecule has 38 heavy (non-hydrogen) atoms. The van der Waals surface area contributed by atoms with Crippen molar-refractivity contribution in [3.05, 3.63) is 87.9 Å². The number of aliphatic hydroxyl groups is 1. The number of ether oxygens (including phenoxy) is 3. The number of carbonyl (C=O) groups is 2. The van der Waals surface area contributed by atoms with Crippen LogP contribution in [0.4, 0.5) is 5.69 Å². The van der Waals surface area contributed by atoms with Crippen LogP contribution in [0.15, 0.2) is 66.2 Å². The quantitative estimate of drug-likeness (QED) is 0.254. The van der Waals surface area contributed by atoms with Crippen molar-refractivity contribution in [1.29, 1.82) is 0 Å². The predicted octanol–water partition coefficient (Wildman–Crippen LogP) is 5.16. The third-order valence-electron chi connectivity index (χ3n) is 6.56. The average molecular weight is 535 g/mol. The maximum Gasteiger partial charge on any atom is 0.295 e. The molecule has 0 spiro atoms. The number of aliphatic hydroxyl groups excluding tert-OH is 1. The number of hydrogen-bond donors (Lipinski definition) is 1. The van der Waals surface area contributed by atoms with Gasteiger partial charge in [-0.15, -0.1) is 0 Å². The molecule has 0 radical (unpaired) electrons. The lowest BCUT2D eigenvalue weighted by Crippen LogP contribution is -2.29. The monoisotopic (exact) mass is 534 g/mol. The highest BCUT2D eigenvalue weighted by molar-refractivity contribution is 6.47. The van der Waals surface area contributed by atoms with Crippen molar-refractivity contribution in [2.45, 2.75) is 19.5 Å². The molecule has 3 aromatic rings. The molecule has 1 amide bonds. The molecule has 8 nitrogen and oxygen atoms in total. The van der Waals surface area contributed by atoms with E-state index in [9.17, 15) is 14.7 Å². The summed E-state index contributed by atoms with van der Waals surface area (Å²) in [5.41, 5.74) is 2.56. The van der Waals surface area contributed by atoms with Crippen LogP contribution >= 0.6 is 11.6 Å². The molecule has 0 saturated carbocycles. The highest BCUT2D eigenvalue weighted by Gasteiger charge is 2.46. The van der Waals surface area contributed by atoms with Gasteiger partial charge >= 0.3 is 0 Å². The molecule has 2 aliphatic rings. The van der Waals surface area contributed by atoms with Crippen LogP contribution in [0, 0.1) is 0 Å². The zero-order valence-corrected chi connectivity index (χ0v) is 22.0. The Labute approximate surface area is 225 Å². The number of likely N-dealkylation sites (tertiary alicyclic amines) is 1. The molecule has 1 saturated heterocycles. The summed E-state index contributed by atoms with van der Waals surface area (Å²) in [6.45, 7) is 2.50. The van der Waals surface area contributed by atoms with E-state index in [0.29, 0.717) is 29.4 Å². The van der Waals surface area contributed by atoms with Gasteiger partial charge in [-0.2, -0.15) is 0 Å². The maximum atomic E-state index is 13.5. The number of carbonyl (C=O) groups excluding carboxylic acids is 2. The van der Waals surface area contributed by atoms with E-state index in [-0.39, 0.29) is 35.3 Å². The molecule has 0 aromatic heterocycles. The second-order valence-corrected chi connectivity index (χ2v) is 9.58. The van der Waals surface area contributed by atoms with Crippen molar-refractivity contribution < 1.29 is 28.9 Å². The van der Waals surface area contributed by atoms with Crippen LogP contribution in [0.3, 0.4) is 0 Å². The summed E-state index contributed by atoms with van der Waals surface area (Å²) >= 11 is 6.43. The van der Waals surface area contributed by atoms with Crippen LogP contribution in [0.25, 0.3) is 5.76 Å². The normalized spacial score (nSPS) is 17.7. The van der Waals surface area contributed by atoms with E-state index in [1.54, 1.807) is 30.3 Å². The molecule has 1 unspecified atom stereocenters. The van der Waals surface area contributed by atoms with E-state index in [4.69, 9.17) is 25.8 Å². The van der Waals surface area contributed by atoms with Crippen LogP contribution in [0.1, 0.15) is 29.7 Å². The van der Waals surface area contributed by atoms with E-state index in [1.807, 2.05) is 56.3 Å². The highest BCUT2D eigenvalue weighted by atomic mass is 35.5. The van der Waals surface area contributed by atoms with Gasteiger partial charge < -0.3 is 29.1 Å². The van der Waals surface area contributed by atoms with Crippen LogP contribution in [-0.4, -0.2) is 49.2 Å². The van der Waals surface area contributed by atoms with Crippen LogP contribution < -0.4 is 19.1 Å². The number of halogens is 1. The second-order valence-electron chi connectivity index (χ2n) is 9.18. The van der Waals surface area contributed by atoms with Crippen LogP contribution in [0.2, 0.25) is 5.02 Å². The Morgan fingerprint density at radius 3 is 2.50 bits per heavy atom. The molecule has 1 atom stereocenters. The van der Waals surface area contributed by atoms with Gasteiger partial charge in [0.25, 0.3) is 11.7 Å². The lowest BCUT2D eigenvalue weighted by Gasteiger charge is -2.26. The molecule has 196 valence electrons. The predicted molar refractivity (Wildman–Crippen MR) is 144 cm³/mol. The average Bonchev–Trinajstić information content (AvgIpc) is 3.47. The van der Waals surface area contributed by atoms with Gasteiger partial charge in [-0.25, -0.2) is 0 Å². The summed E-state index contributed by atoms with van der Waals surface area (Å²) in [6.07, 6.45) is 0. The number of hydrogen-bond acceptors (Lipinski definition) is 7. The molecule has 0 bridgehead atoms. The summed E-state index contributed by atoms with van der Waals surface area (Å²) in [7, 11) is 3.85. The number of nitrogens with zero attached hydrogens (tertiary/aromatic N) is 2. The molecule has 1 N–H and O–H groups in total. The SMILES string of the molecule is CCOc1ccc(Cl)c(/C(O)=C2\C(=O)C(=O)N(Cc3ccc4c(c3)OCO4)C2c2ccc(N(C)C)cc2)c1. The summed E-state index contributed by atoms with van der Waals surface area (Å²) < 4.78 is 16.4. The van der Waals surface area contributed by atoms with Gasteiger partial charge in [0.2, 0.25) is 6.79 Å². The van der Waals surface area contributed by atoms with Crippen LogP contribution in [0.5, 0.6) is 17.2 Å². The molecule has 1 fully saturated rings. The molecular weight excluding hydrogens is 508 g/mol. The lowest BCUT2D eigenvalue weighted by atomic mass is 9.94. The minimum Gasteiger partial charge on any atom is -0.507 e. The molecule has 0 aliphatic carbocycles.